The predicted octanol–water partition coefficient (Wildman–Crippen LogP) is 1.14. The molecule has 9 heavy (non-hydrogen) atoms. The summed E-state index contributed by atoms with van der Waals surface area (Å²) in [5, 5.41) is 0. The van der Waals surface area contributed by atoms with Crippen LogP contribution in [0.2, 0.25) is 0 Å². The van der Waals surface area contributed by atoms with Crippen molar-refractivity contribution in [1.29, 1.82) is 0 Å². The van der Waals surface area contributed by atoms with Crippen LogP contribution in [0.25, 0.3) is 0 Å². The molecule has 1 aliphatic heterocycles. The molecule has 2 nitrogen and oxygen atoms in total. The second-order valence-electron chi connectivity index (χ2n) is 3.09. The summed E-state index contributed by atoms with van der Waals surface area (Å²) in [4.78, 5) is 10.2. The summed E-state index contributed by atoms with van der Waals surface area (Å²) in [6.07, 6.45) is 2.63. The zero-order valence-corrected chi connectivity index (χ0v) is 5.89. The first kappa shape index (κ1) is 6.75. The van der Waals surface area contributed by atoms with Crippen molar-refractivity contribution in [3.8, 4) is 0 Å². The van der Waals surface area contributed by atoms with Crippen molar-refractivity contribution in [3.63, 3.8) is 0 Å². The predicted molar refractivity (Wildman–Crippen MR) is 34.2 cm³/mol. The van der Waals surface area contributed by atoms with Gasteiger partial charge in [0.1, 0.15) is 12.4 Å². The SMILES string of the molecule is CC1(C)CCC(C=O)O1. The summed E-state index contributed by atoms with van der Waals surface area (Å²) in [6.45, 7) is 4.02. The molecule has 0 aromatic rings. The van der Waals surface area contributed by atoms with Gasteiger partial charge < -0.3 is 9.53 Å². The molecule has 1 unspecified atom stereocenters. The van der Waals surface area contributed by atoms with Gasteiger partial charge >= 0.3 is 0 Å². The molecule has 1 rings (SSSR count). The van der Waals surface area contributed by atoms with Gasteiger partial charge in [-0.25, -0.2) is 0 Å². The molecule has 2 heteroatoms. The minimum Gasteiger partial charge on any atom is -0.365 e. The van der Waals surface area contributed by atoms with Gasteiger partial charge in [-0.2, -0.15) is 0 Å². The summed E-state index contributed by atoms with van der Waals surface area (Å²) in [5.41, 5.74) is -0.0639. The Morgan fingerprint density at radius 1 is 1.67 bits per heavy atom. The number of carbonyl (C=O) groups excluding carboxylic acids is 1. The molecule has 52 valence electrons. The van der Waals surface area contributed by atoms with Crippen LogP contribution in [0.1, 0.15) is 26.7 Å². The van der Waals surface area contributed by atoms with Gasteiger partial charge in [0, 0.05) is 0 Å². The lowest BCUT2D eigenvalue weighted by Crippen LogP contribution is -2.20. The topological polar surface area (TPSA) is 26.3 Å². The van der Waals surface area contributed by atoms with Crippen molar-refractivity contribution in [1.82, 2.24) is 0 Å². The Labute approximate surface area is 55.2 Å². The van der Waals surface area contributed by atoms with Gasteiger partial charge in [0.2, 0.25) is 0 Å². The molecule has 1 heterocycles. The van der Waals surface area contributed by atoms with E-state index in [4.69, 9.17) is 4.74 Å². The summed E-state index contributed by atoms with van der Waals surface area (Å²) in [7, 11) is 0. The molecule has 0 aromatic carbocycles. The maximum Gasteiger partial charge on any atom is 0.148 e. The smallest absolute Gasteiger partial charge is 0.148 e. The average molecular weight is 128 g/mol. The first-order valence-electron chi connectivity index (χ1n) is 3.27. The van der Waals surface area contributed by atoms with Crippen molar-refractivity contribution in [2.24, 2.45) is 0 Å². The van der Waals surface area contributed by atoms with Gasteiger partial charge in [-0.3, -0.25) is 0 Å². The number of rotatable bonds is 1. The number of hydrogen-bond acceptors (Lipinski definition) is 2. The van der Waals surface area contributed by atoms with Gasteiger partial charge in [-0.15, -0.1) is 0 Å². The lowest BCUT2D eigenvalue weighted by Gasteiger charge is -2.16. The summed E-state index contributed by atoms with van der Waals surface area (Å²) in [6, 6.07) is 0. The quantitative estimate of drug-likeness (QED) is 0.495. The highest BCUT2D eigenvalue weighted by molar-refractivity contribution is 5.56. The highest BCUT2D eigenvalue weighted by atomic mass is 16.5. The Kier molecular flexibility index (Phi) is 1.58. The average Bonchev–Trinajstić information content (AvgIpc) is 2.10. The largest absolute Gasteiger partial charge is 0.365 e. The number of aldehydes is 1. The fourth-order valence-electron chi connectivity index (χ4n) is 1.11. The second-order valence-corrected chi connectivity index (χ2v) is 3.09. The number of ether oxygens (including phenoxy) is 1. The zero-order valence-electron chi connectivity index (χ0n) is 5.89. The minimum absolute atomic E-state index is 0.0639. The van der Waals surface area contributed by atoms with E-state index in [1.807, 2.05) is 13.8 Å². The van der Waals surface area contributed by atoms with E-state index in [9.17, 15) is 4.79 Å². The number of carbonyl (C=O) groups is 1. The van der Waals surface area contributed by atoms with E-state index in [2.05, 4.69) is 0 Å². The van der Waals surface area contributed by atoms with E-state index in [1.165, 1.54) is 0 Å². The van der Waals surface area contributed by atoms with Crippen LogP contribution >= 0.6 is 0 Å². The Morgan fingerprint density at radius 3 is 2.56 bits per heavy atom. The maximum atomic E-state index is 10.2. The molecule has 0 amide bonds. The fraction of sp³-hybridized carbons (Fsp3) is 0.857. The Bertz CT molecular complexity index is 118. The summed E-state index contributed by atoms with van der Waals surface area (Å²) < 4.78 is 5.33. The van der Waals surface area contributed by atoms with E-state index in [0.29, 0.717) is 0 Å². The highest BCUT2D eigenvalue weighted by Gasteiger charge is 2.30. The molecule has 0 saturated carbocycles. The molecule has 1 atom stereocenters. The molecule has 0 aromatic heterocycles. The van der Waals surface area contributed by atoms with Crippen LogP contribution < -0.4 is 0 Å². The van der Waals surface area contributed by atoms with E-state index >= 15 is 0 Å². The van der Waals surface area contributed by atoms with Gasteiger partial charge in [0.05, 0.1) is 5.60 Å². The normalized spacial score (nSPS) is 32.4. The lowest BCUT2D eigenvalue weighted by atomic mass is 10.1. The summed E-state index contributed by atoms with van der Waals surface area (Å²) in [5.74, 6) is 0. The molecule has 0 spiro atoms. The summed E-state index contributed by atoms with van der Waals surface area (Å²) >= 11 is 0. The molecule has 1 aliphatic rings. The monoisotopic (exact) mass is 128 g/mol. The molecule has 0 radical (unpaired) electrons. The van der Waals surface area contributed by atoms with Crippen LogP contribution in [0.4, 0.5) is 0 Å². The zero-order chi connectivity index (χ0) is 6.91. The van der Waals surface area contributed by atoms with Crippen molar-refractivity contribution < 1.29 is 9.53 Å². The van der Waals surface area contributed by atoms with Crippen LogP contribution in [-0.4, -0.2) is 18.0 Å². The van der Waals surface area contributed by atoms with E-state index in [0.717, 1.165) is 19.1 Å². The van der Waals surface area contributed by atoms with E-state index in [-0.39, 0.29) is 11.7 Å². The van der Waals surface area contributed by atoms with Crippen LogP contribution in [0, 0.1) is 0 Å². The minimum atomic E-state index is -0.139. The molecule has 0 aliphatic carbocycles. The highest BCUT2D eigenvalue weighted by Crippen LogP contribution is 2.27. The molecular weight excluding hydrogens is 116 g/mol. The van der Waals surface area contributed by atoms with Crippen molar-refractivity contribution in [2.75, 3.05) is 0 Å². The first-order chi connectivity index (χ1) is 4.14. The van der Waals surface area contributed by atoms with Crippen molar-refractivity contribution in [3.05, 3.63) is 0 Å². The van der Waals surface area contributed by atoms with E-state index < -0.39 is 0 Å². The van der Waals surface area contributed by atoms with Gasteiger partial charge in [0.25, 0.3) is 0 Å². The second kappa shape index (κ2) is 2.10. The molecule has 0 N–H and O–H groups in total. The Balaban J connectivity index is 2.47. The van der Waals surface area contributed by atoms with Gasteiger partial charge in [-0.05, 0) is 26.7 Å². The molecule has 1 fully saturated rings. The molecule has 0 bridgehead atoms. The Hall–Kier alpha value is -0.370. The first-order valence-corrected chi connectivity index (χ1v) is 3.27. The third kappa shape index (κ3) is 1.52. The third-order valence-electron chi connectivity index (χ3n) is 1.65. The van der Waals surface area contributed by atoms with Crippen molar-refractivity contribution >= 4 is 6.29 Å². The lowest BCUT2D eigenvalue weighted by molar-refractivity contribution is -0.120. The molecular formula is C7H12O2. The van der Waals surface area contributed by atoms with Crippen molar-refractivity contribution in [2.45, 2.75) is 38.4 Å². The van der Waals surface area contributed by atoms with Gasteiger partial charge in [-0.1, -0.05) is 0 Å². The van der Waals surface area contributed by atoms with Crippen LogP contribution in [-0.2, 0) is 9.53 Å². The maximum absolute atomic E-state index is 10.2. The third-order valence-corrected chi connectivity index (χ3v) is 1.65. The number of hydrogen-bond donors (Lipinski definition) is 0. The Morgan fingerprint density at radius 2 is 2.33 bits per heavy atom. The molecule has 1 saturated heterocycles. The van der Waals surface area contributed by atoms with E-state index in [1.54, 1.807) is 0 Å². The fourth-order valence-corrected chi connectivity index (χ4v) is 1.11. The van der Waals surface area contributed by atoms with Crippen LogP contribution in [0.5, 0.6) is 0 Å². The standard InChI is InChI=1S/C7H12O2/c1-7(2)4-3-6(5-8)9-7/h5-6H,3-4H2,1-2H3. The van der Waals surface area contributed by atoms with Crippen LogP contribution in [0.15, 0.2) is 0 Å². The van der Waals surface area contributed by atoms with Crippen LogP contribution in [0.3, 0.4) is 0 Å². The van der Waals surface area contributed by atoms with Gasteiger partial charge in [0.15, 0.2) is 0 Å².